The van der Waals surface area contributed by atoms with Gasteiger partial charge in [-0.15, -0.1) is 0 Å². The van der Waals surface area contributed by atoms with Crippen molar-refractivity contribution in [3.05, 3.63) is 0 Å². The number of amides is 2. The third-order valence-electron chi connectivity index (χ3n) is 10.3. The van der Waals surface area contributed by atoms with Gasteiger partial charge in [0.1, 0.15) is 12.3 Å². The molecule has 5 heterocycles. The first-order chi connectivity index (χ1) is 18.3. The fourth-order valence-corrected chi connectivity index (χ4v) is 8.51. The van der Waals surface area contributed by atoms with Gasteiger partial charge in [0.15, 0.2) is 0 Å². The number of hydrogen-bond acceptors (Lipinski definition) is 7. The van der Waals surface area contributed by atoms with Gasteiger partial charge in [0.05, 0.1) is 36.8 Å². The fraction of sp³-hybridized carbons (Fsp3) is 0.889. The van der Waals surface area contributed by atoms with Crippen molar-refractivity contribution in [2.24, 2.45) is 22.1 Å². The normalized spacial score (nSPS) is 45.9. The minimum atomic E-state index is -1.21. The second kappa shape index (κ2) is 10.7. The SMILES string of the molecule is NC1NC2CCCCCC23CC(F)C=NC(C3)C1C(=O)NC1CNCC(F)C1N1CC(=O)N2CCCC2C1. The Morgan fingerprint density at radius 3 is 2.89 bits per heavy atom. The first-order valence-electron chi connectivity index (χ1n) is 14.7. The molecule has 10 atom stereocenters. The van der Waals surface area contributed by atoms with Crippen LogP contribution in [0, 0.1) is 11.3 Å². The van der Waals surface area contributed by atoms with E-state index in [1.165, 1.54) is 6.21 Å². The molecule has 1 saturated carbocycles. The summed E-state index contributed by atoms with van der Waals surface area (Å²) in [6.45, 7) is 2.18. The molecule has 9 nitrogen and oxygen atoms in total. The van der Waals surface area contributed by atoms with Gasteiger partial charge >= 0.3 is 0 Å². The topological polar surface area (TPSA) is 115 Å². The van der Waals surface area contributed by atoms with Crippen molar-refractivity contribution >= 4 is 18.0 Å². The lowest BCUT2D eigenvalue weighted by molar-refractivity contribution is -0.140. The zero-order chi connectivity index (χ0) is 26.4. The van der Waals surface area contributed by atoms with Crippen molar-refractivity contribution in [1.82, 2.24) is 25.8 Å². The minimum Gasteiger partial charge on any atom is -0.350 e. The molecule has 0 aromatic carbocycles. The maximum absolute atomic E-state index is 15.4. The molecule has 5 aliphatic heterocycles. The molecule has 11 heteroatoms. The lowest BCUT2D eigenvalue weighted by Crippen LogP contribution is -2.69. The first kappa shape index (κ1) is 26.5. The predicted molar refractivity (Wildman–Crippen MR) is 140 cm³/mol. The molecule has 10 unspecified atom stereocenters. The van der Waals surface area contributed by atoms with Gasteiger partial charge in [-0.1, -0.05) is 19.3 Å². The number of carbonyl (C=O) groups is 2. The zero-order valence-corrected chi connectivity index (χ0v) is 22.2. The van der Waals surface area contributed by atoms with Crippen molar-refractivity contribution in [1.29, 1.82) is 0 Å². The highest BCUT2D eigenvalue weighted by atomic mass is 19.1. The average Bonchev–Trinajstić information content (AvgIpc) is 3.14. The van der Waals surface area contributed by atoms with Crippen molar-refractivity contribution in [3.63, 3.8) is 0 Å². The number of piperazine rings is 1. The quantitative estimate of drug-likeness (QED) is 0.418. The van der Waals surface area contributed by atoms with Crippen molar-refractivity contribution in [2.45, 2.75) is 107 Å². The second-order valence-corrected chi connectivity index (χ2v) is 12.6. The highest BCUT2D eigenvalue weighted by Crippen LogP contribution is 2.48. The van der Waals surface area contributed by atoms with Crippen LogP contribution in [-0.2, 0) is 9.59 Å². The Balaban J connectivity index is 1.23. The lowest BCUT2D eigenvalue weighted by atomic mass is 9.69. The number of nitrogens with zero attached hydrogens (tertiary/aromatic N) is 3. The molecule has 0 radical (unpaired) electrons. The highest BCUT2D eigenvalue weighted by Gasteiger charge is 2.52. The second-order valence-electron chi connectivity index (χ2n) is 12.6. The van der Waals surface area contributed by atoms with E-state index in [4.69, 9.17) is 5.73 Å². The molecule has 4 saturated heterocycles. The van der Waals surface area contributed by atoms with E-state index >= 15 is 4.39 Å². The smallest absolute Gasteiger partial charge is 0.237 e. The Bertz CT molecular complexity index is 939. The van der Waals surface area contributed by atoms with Crippen LogP contribution in [0.2, 0.25) is 0 Å². The number of hydrogen-bond donors (Lipinski definition) is 4. The summed E-state index contributed by atoms with van der Waals surface area (Å²) >= 11 is 0. The molecule has 0 aromatic heterocycles. The molecular weight excluding hydrogens is 492 g/mol. The monoisotopic (exact) mass is 535 g/mol. The highest BCUT2D eigenvalue weighted by molar-refractivity contribution is 5.82. The molecular formula is C27H43F2N7O2. The molecule has 6 aliphatic rings. The number of halogens is 2. The van der Waals surface area contributed by atoms with Crippen LogP contribution in [0.5, 0.6) is 0 Å². The van der Waals surface area contributed by atoms with E-state index in [1.54, 1.807) is 0 Å². The summed E-state index contributed by atoms with van der Waals surface area (Å²) in [5, 5.41) is 9.78. The van der Waals surface area contributed by atoms with Crippen molar-refractivity contribution in [3.8, 4) is 0 Å². The summed E-state index contributed by atoms with van der Waals surface area (Å²) in [5.41, 5.74) is 6.40. The number of nitrogens with one attached hydrogen (secondary N) is 3. The Morgan fingerprint density at radius 1 is 1.16 bits per heavy atom. The van der Waals surface area contributed by atoms with Crippen LogP contribution < -0.4 is 21.7 Å². The van der Waals surface area contributed by atoms with Gasteiger partial charge in [-0.3, -0.25) is 24.8 Å². The Kier molecular flexibility index (Phi) is 7.47. The van der Waals surface area contributed by atoms with Crippen LogP contribution >= 0.6 is 0 Å². The summed E-state index contributed by atoms with van der Waals surface area (Å²) < 4.78 is 30.4. The van der Waals surface area contributed by atoms with E-state index in [2.05, 4.69) is 20.9 Å². The number of carbonyl (C=O) groups excluding carboxylic acids is 2. The third-order valence-corrected chi connectivity index (χ3v) is 10.3. The molecule has 38 heavy (non-hydrogen) atoms. The summed E-state index contributed by atoms with van der Waals surface area (Å²) in [5.74, 6) is -0.913. The summed E-state index contributed by atoms with van der Waals surface area (Å²) in [4.78, 5) is 35.2. The van der Waals surface area contributed by atoms with E-state index in [-0.39, 0.29) is 42.4 Å². The Labute approximate surface area is 223 Å². The van der Waals surface area contributed by atoms with Crippen molar-refractivity contribution < 1.29 is 18.4 Å². The molecule has 5 N–H and O–H groups in total. The van der Waals surface area contributed by atoms with E-state index < -0.39 is 42.6 Å². The number of fused-ring (bicyclic) bond motifs is 2. The summed E-state index contributed by atoms with van der Waals surface area (Å²) in [6, 6.07) is -1.36. The van der Waals surface area contributed by atoms with Gasteiger partial charge in [0.2, 0.25) is 11.8 Å². The van der Waals surface area contributed by atoms with E-state index in [9.17, 15) is 14.0 Å². The summed E-state index contributed by atoms with van der Waals surface area (Å²) in [6.07, 6.45) is 6.41. The van der Waals surface area contributed by atoms with Gasteiger partial charge < -0.3 is 21.3 Å². The zero-order valence-electron chi connectivity index (χ0n) is 22.2. The Morgan fingerprint density at radius 2 is 2.03 bits per heavy atom. The molecule has 1 spiro atoms. The van der Waals surface area contributed by atoms with Crippen LogP contribution in [0.1, 0.15) is 57.8 Å². The molecule has 2 bridgehead atoms. The average molecular weight is 536 g/mol. The number of aliphatic imine (C=N–C) groups is 1. The Hall–Kier alpha value is -1.69. The van der Waals surface area contributed by atoms with Crippen LogP contribution in [0.4, 0.5) is 8.78 Å². The maximum atomic E-state index is 15.4. The molecule has 212 valence electrons. The summed E-state index contributed by atoms with van der Waals surface area (Å²) in [7, 11) is 0. The fourth-order valence-electron chi connectivity index (χ4n) is 8.51. The van der Waals surface area contributed by atoms with Gasteiger partial charge in [0.25, 0.3) is 0 Å². The van der Waals surface area contributed by atoms with Gasteiger partial charge in [-0.05, 0) is 43.9 Å². The number of alkyl halides is 2. The number of rotatable bonds is 3. The van der Waals surface area contributed by atoms with E-state index in [1.807, 2.05) is 9.80 Å². The van der Waals surface area contributed by atoms with Crippen LogP contribution in [0.25, 0.3) is 0 Å². The molecule has 1 aliphatic carbocycles. The molecule has 0 aromatic rings. The molecule has 2 amide bonds. The number of nitrogens with two attached hydrogens (primary N) is 1. The molecule has 5 fully saturated rings. The van der Waals surface area contributed by atoms with Gasteiger partial charge in [0, 0.05) is 44.5 Å². The first-order valence-corrected chi connectivity index (χ1v) is 14.7. The molecule has 6 rings (SSSR count). The minimum absolute atomic E-state index is 0.0435. The van der Waals surface area contributed by atoms with Gasteiger partial charge in [-0.25, -0.2) is 8.78 Å². The van der Waals surface area contributed by atoms with Gasteiger partial charge in [-0.2, -0.15) is 0 Å². The lowest BCUT2D eigenvalue weighted by Gasteiger charge is -2.47. The predicted octanol–water partition coefficient (Wildman–Crippen LogP) is 0.482. The van der Waals surface area contributed by atoms with E-state index in [0.29, 0.717) is 25.9 Å². The largest absolute Gasteiger partial charge is 0.350 e. The van der Waals surface area contributed by atoms with Crippen molar-refractivity contribution in [2.75, 3.05) is 32.7 Å². The van der Waals surface area contributed by atoms with Crippen LogP contribution in [0.15, 0.2) is 4.99 Å². The van der Waals surface area contributed by atoms with Crippen LogP contribution in [-0.4, -0.2) is 109 Å². The third kappa shape index (κ3) is 4.88. The standard InChI is InChI=1S/C27H43F2N7O2/c28-16-9-27-7-3-1-2-6-21(27)34-25(30)23(19(10-27)32-11-16)26(38)33-20-13-31-12-18(29)24(20)35-14-17-5-4-8-36(17)22(37)15-35/h11,16-21,23-25,31,34H,1-10,12-15,30H2,(H,33,38). The maximum Gasteiger partial charge on any atom is 0.237 e. The van der Waals surface area contributed by atoms with Crippen LogP contribution in [0.3, 0.4) is 0 Å². The number of piperidine rings is 1. The van der Waals surface area contributed by atoms with E-state index in [0.717, 1.165) is 51.5 Å².